The highest BCUT2D eigenvalue weighted by atomic mass is 15.5. The molecule has 0 N–H and O–H groups in total. The molecule has 0 spiro atoms. The van der Waals surface area contributed by atoms with Crippen LogP contribution in [-0.4, -0.2) is 37.6 Å². The fraction of sp³-hybridized carbons (Fsp3) is 0.0400. The Labute approximate surface area is 322 Å². The monoisotopic (exact) mass is 718 g/mol. The molecule has 3 aromatic heterocycles. The van der Waals surface area contributed by atoms with E-state index in [0.29, 0.717) is 5.96 Å². The number of para-hydroxylation sites is 4. The molecular weight excluding hydrogens is 685 g/mol. The molecule has 6 nitrogen and oxygen atoms in total. The maximum absolute atomic E-state index is 5.72. The quantitative estimate of drug-likeness (QED) is 0.175. The van der Waals surface area contributed by atoms with Gasteiger partial charge in [-0.3, -0.25) is 9.13 Å². The van der Waals surface area contributed by atoms with E-state index in [9.17, 15) is 0 Å². The lowest BCUT2D eigenvalue weighted by Gasteiger charge is -2.34. The molecule has 0 bridgehead atoms. The van der Waals surface area contributed by atoms with E-state index in [1.807, 2.05) is 0 Å². The van der Waals surface area contributed by atoms with Crippen molar-refractivity contribution >= 4 is 88.1 Å². The number of fused-ring (bicyclic) bond motifs is 11. The van der Waals surface area contributed by atoms with Crippen LogP contribution >= 0.6 is 0 Å². The number of aromatic nitrogens is 3. The van der Waals surface area contributed by atoms with Crippen molar-refractivity contribution in [3.63, 3.8) is 0 Å². The van der Waals surface area contributed by atoms with Crippen LogP contribution in [0.1, 0.15) is 6.29 Å². The summed E-state index contributed by atoms with van der Waals surface area (Å²) in [6.45, 7) is 0. The van der Waals surface area contributed by atoms with Crippen LogP contribution in [0, 0.1) is 0 Å². The van der Waals surface area contributed by atoms with E-state index in [-0.39, 0.29) is 0 Å². The molecule has 1 unspecified atom stereocenters. The normalized spacial score (nSPS) is 14.9. The lowest BCUT2D eigenvalue weighted by atomic mass is 10.0. The summed E-state index contributed by atoms with van der Waals surface area (Å²) < 4.78 is 7.00. The highest BCUT2D eigenvalue weighted by Gasteiger charge is 2.32. The zero-order valence-electron chi connectivity index (χ0n) is 30.6. The summed E-state index contributed by atoms with van der Waals surface area (Å²) in [5, 5.41) is 9.57. The first kappa shape index (κ1) is 31.0. The van der Waals surface area contributed by atoms with Gasteiger partial charge in [-0.15, -0.1) is 0 Å². The number of hydrogen-bond acceptors (Lipinski definition) is 3. The molecule has 0 fully saturated rings. The first-order chi connectivity index (χ1) is 27.7. The standard InChI is InChI=1S/C50H34N6/c1-53-49(55-43-25-13-9-21-38(43)39-22-10-14-26-44(39)55)51-48(54-41-23-11-7-19-36(41)37-20-8-12-24-42(37)54)52-50(53)56-45-30-28-33-17-5-6-18-35(33)47(45)40-29-27-34(31-46(40)56)32-15-3-2-4-16-32/h2-31,50H,1H3. The number of aliphatic imine (C=N–C) groups is 2. The zero-order valence-corrected chi connectivity index (χ0v) is 30.6. The third-order valence-electron chi connectivity index (χ3n) is 11.7. The highest BCUT2D eigenvalue weighted by Crippen LogP contribution is 2.41. The fourth-order valence-electron chi connectivity index (χ4n) is 9.19. The van der Waals surface area contributed by atoms with E-state index >= 15 is 0 Å². The Morgan fingerprint density at radius 2 is 0.946 bits per heavy atom. The van der Waals surface area contributed by atoms with Gasteiger partial charge in [0.1, 0.15) is 0 Å². The predicted octanol–water partition coefficient (Wildman–Crippen LogP) is 12.0. The molecule has 56 heavy (non-hydrogen) atoms. The Kier molecular flexibility index (Phi) is 6.51. The Balaban J connectivity index is 1.21. The van der Waals surface area contributed by atoms with E-state index in [0.717, 1.165) is 44.6 Å². The highest BCUT2D eigenvalue weighted by molar-refractivity contribution is 6.22. The van der Waals surface area contributed by atoms with Gasteiger partial charge in [-0.25, -0.2) is 4.99 Å². The lowest BCUT2D eigenvalue weighted by Crippen LogP contribution is -2.42. The third-order valence-corrected chi connectivity index (χ3v) is 11.7. The van der Waals surface area contributed by atoms with E-state index in [4.69, 9.17) is 9.98 Å². The summed E-state index contributed by atoms with van der Waals surface area (Å²) in [5.41, 5.74) is 8.91. The molecular formula is C50H34N6. The smallest absolute Gasteiger partial charge is 0.236 e. The van der Waals surface area contributed by atoms with Crippen molar-refractivity contribution < 1.29 is 0 Å². The van der Waals surface area contributed by atoms with Gasteiger partial charge in [0.05, 0.1) is 33.1 Å². The summed E-state index contributed by atoms with van der Waals surface area (Å²) in [5.74, 6) is 1.44. The summed E-state index contributed by atoms with van der Waals surface area (Å²) in [6, 6.07) is 65.2. The van der Waals surface area contributed by atoms with Crippen molar-refractivity contribution in [3.8, 4) is 11.1 Å². The van der Waals surface area contributed by atoms with Crippen LogP contribution in [0.15, 0.2) is 192 Å². The fourth-order valence-corrected chi connectivity index (χ4v) is 9.19. The number of hydrogen-bond donors (Lipinski definition) is 0. The minimum Gasteiger partial charge on any atom is -0.305 e. The molecule has 8 aromatic carbocycles. The van der Waals surface area contributed by atoms with Crippen LogP contribution in [-0.2, 0) is 0 Å². The van der Waals surface area contributed by atoms with Gasteiger partial charge in [0.25, 0.3) is 0 Å². The van der Waals surface area contributed by atoms with Gasteiger partial charge in [0.15, 0.2) is 0 Å². The molecule has 11 aromatic rings. The SMILES string of the molecule is CN1C(n2c3ccccc3c3ccccc32)=NC(n2c3ccccc3c3ccccc32)=NC1n1c2cc(-c3ccccc3)ccc2c2c3ccccc3ccc21. The molecule has 1 atom stereocenters. The van der Waals surface area contributed by atoms with Crippen molar-refractivity contribution in [1.82, 2.24) is 18.6 Å². The lowest BCUT2D eigenvalue weighted by molar-refractivity contribution is 0.288. The molecule has 4 heterocycles. The summed E-state index contributed by atoms with van der Waals surface area (Å²) in [4.78, 5) is 13.6. The Hall–Kier alpha value is -7.44. The minimum atomic E-state index is -0.496. The van der Waals surface area contributed by atoms with Gasteiger partial charge in [-0.1, -0.05) is 146 Å². The maximum atomic E-state index is 5.72. The molecule has 0 aliphatic carbocycles. The van der Waals surface area contributed by atoms with Gasteiger partial charge in [0.2, 0.25) is 18.2 Å². The number of benzene rings is 8. The van der Waals surface area contributed by atoms with E-state index in [2.05, 4.69) is 208 Å². The van der Waals surface area contributed by atoms with Crippen LogP contribution in [0.2, 0.25) is 0 Å². The van der Waals surface area contributed by atoms with Crippen molar-refractivity contribution in [2.75, 3.05) is 7.05 Å². The minimum absolute atomic E-state index is 0.496. The van der Waals surface area contributed by atoms with E-state index in [1.54, 1.807) is 0 Å². The van der Waals surface area contributed by atoms with Crippen molar-refractivity contribution in [3.05, 3.63) is 182 Å². The van der Waals surface area contributed by atoms with Gasteiger partial charge < -0.3 is 9.47 Å². The average molecular weight is 719 g/mol. The molecule has 1 aliphatic rings. The second-order valence-electron chi connectivity index (χ2n) is 14.7. The second kappa shape index (κ2) is 11.8. The Bertz CT molecular complexity index is 3350. The van der Waals surface area contributed by atoms with Crippen molar-refractivity contribution in [1.29, 1.82) is 0 Å². The number of nitrogens with zero attached hydrogens (tertiary/aromatic N) is 6. The average Bonchev–Trinajstić information content (AvgIpc) is 3.90. The molecule has 0 saturated carbocycles. The first-order valence-electron chi connectivity index (χ1n) is 19.1. The summed E-state index contributed by atoms with van der Waals surface area (Å²) >= 11 is 0. The van der Waals surface area contributed by atoms with Crippen LogP contribution in [0.5, 0.6) is 0 Å². The Morgan fingerprint density at radius 3 is 1.57 bits per heavy atom. The number of rotatable bonds is 2. The van der Waals surface area contributed by atoms with Crippen molar-refractivity contribution in [2.24, 2.45) is 9.98 Å². The van der Waals surface area contributed by atoms with Gasteiger partial charge in [0, 0.05) is 39.4 Å². The van der Waals surface area contributed by atoms with Crippen molar-refractivity contribution in [2.45, 2.75) is 6.29 Å². The second-order valence-corrected chi connectivity index (χ2v) is 14.7. The molecule has 0 radical (unpaired) electrons. The van der Waals surface area contributed by atoms with Gasteiger partial charge in [-0.2, -0.15) is 4.99 Å². The topological polar surface area (TPSA) is 42.8 Å². The first-order valence-corrected chi connectivity index (χ1v) is 19.1. The van der Waals surface area contributed by atoms with Crippen LogP contribution in [0.25, 0.3) is 87.3 Å². The third kappa shape index (κ3) is 4.32. The van der Waals surface area contributed by atoms with E-state index < -0.39 is 6.29 Å². The molecule has 12 rings (SSSR count). The molecule has 264 valence electrons. The van der Waals surface area contributed by atoms with Gasteiger partial charge >= 0.3 is 0 Å². The van der Waals surface area contributed by atoms with Gasteiger partial charge in [-0.05, 0) is 58.3 Å². The largest absolute Gasteiger partial charge is 0.305 e. The molecule has 0 saturated heterocycles. The maximum Gasteiger partial charge on any atom is 0.236 e. The van der Waals surface area contributed by atoms with Crippen LogP contribution < -0.4 is 0 Å². The van der Waals surface area contributed by atoms with Crippen LogP contribution in [0.4, 0.5) is 0 Å². The van der Waals surface area contributed by atoms with E-state index in [1.165, 1.54) is 48.7 Å². The Morgan fingerprint density at radius 1 is 0.411 bits per heavy atom. The van der Waals surface area contributed by atoms with Crippen LogP contribution in [0.3, 0.4) is 0 Å². The summed E-state index contributed by atoms with van der Waals surface area (Å²) in [7, 11) is 2.14. The predicted molar refractivity (Wildman–Crippen MR) is 234 cm³/mol. The molecule has 1 aliphatic heterocycles. The zero-order chi connectivity index (χ0) is 36.9. The summed E-state index contributed by atoms with van der Waals surface area (Å²) in [6.07, 6.45) is -0.496. The molecule has 0 amide bonds. The molecule has 6 heteroatoms.